The summed E-state index contributed by atoms with van der Waals surface area (Å²) in [5, 5.41) is 3.93. The number of hydrogen-bond donors (Lipinski definition) is 1. The fourth-order valence-corrected chi connectivity index (χ4v) is 2.57. The smallest absolute Gasteiger partial charge is 0.326 e. The van der Waals surface area contributed by atoms with Crippen molar-refractivity contribution in [2.24, 2.45) is 12.8 Å². The summed E-state index contributed by atoms with van der Waals surface area (Å²) in [4.78, 5) is 0.811. The van der Waals surface area contributed by atoms with Crippen LogP contribution in [-0.4, -0.2) is 9.78 Å². The van der Waals surface area contributed by atoms with Crippen LogP contribution in [0.5, 0.6) is 0 Å². The summed E-state index contributed by atoms with van der Waals surface area (Å²) in [7, 11) is 1.71. The summed E-state index contributed by atoms with van der Waals surface area (Å²) in [6.07, 6.45) is -1.20. The standard InChI is InChI=1S/C12H12F3N3S/c1-18-7-9(6-17-18)19-11-3-2-8(5-16)4-10(11)12(13,14)15/h2-4,6-7H,5,16H2,1H3. The zero-order chi connectivity index (χ0) is 14.0. The third-order valence-electron chi connectivity index (χ3n) is 2.49. The maximum absolute atomic E-state index is 13.0. The molecule has 1 heterocycles. The quantitative estimate of drug-likeness (QED) is 0.943. The van der Waals surface area contributed by atoms with Gasteiger partial charge in [0.2, 0.25) is 0 Å². The highest BCUT2D eigenvalue weighted by Gasteiger charge is 2.33. The van der Waals surface area contributed by atoms with Crippen LogP contribution in [-0.2, 0) is 19.8 Å². The van der Waals surface area contributed by atoms with E-state index in [1.807, 2.05) is 0 Å². The Labute approximate surface area is 112 Å². The van der Waals surface area contributed by atoms with Gasteiger partial charge in [-0.25, -0.2) is 0 Å². The van der Waals surface area contributed by atoms with Crippen molar-refractivity contribution in [3.63, 3.8) is 0 Å². The van der Waals surface area contributed by atoms with E-state index in [9.17, 15) is 13.2 Å². The average Bonchev–Trinajstić information content (AvgIpc) is 2.74. The van der Waals surface area contributed by atoms with Crippen molar-refractivity contribution < 1.29 is 13.2 Å². The number of aryl methyl sites for hydroxylation is 1. The van der Waals surface area contributed by atoms with Crippen LogP contribution < -0.4 is 5.73 Å². The van der Waals surface area contributed by atoms with Crippen LogP contribution in [0.15, 0.2) is 40.4 Å². The topological polar surface area (TPSA) is 43.8 Å². The van der Waals surface area contributed by atoms with Gasteiger partial charge in [0, 0.05) is 24.7 Å². The number of aromatic nitrogens is 2. The number of halogens is 3. The van der Waals surface area contributed by atoms with Crippen LogP contribution in [0.25, 0.3) is 0 Å². The lowest BCUT2D eigenvalue weighted by Gasteiger charge is -2.13. The van der Waals surface area contributed by atoms with E-state index in [1.165, 1.54) is 12.3 Å². The van der Waals surface area contributed by atoms with E-state index in [2.05, 4.69) is 5.10 Å². The Balaban J connectivity index is 2.39. The third kappa shape index (κ3) is 3.30. The summed E-state index contributed by atoms with van der Waals surface area (Å²) < 4.78 is 40.5. The van der Waals surface area contributed by atoms with Gasteiger partial charge in [-0.1, -0.05) is 17.8 Å². The third-order valence-corrected chi connectivity index (χ3v) is 3.52. The summed E-state index contributed by atoms with van der Waals surface area (Å²) in [5.74, 6) is 0. The predicted molar refractivity (Wildman–Crippen MR) is 66.7 cm³/mol. The van der Waals surface area contributed by atoms with E-state index in [0.717, 1.165) is 17.8 Å². The number of nitrogens with two attached hydrogens (primary N) is 1. The molecule has 19 heavy (non-hydrogen) atoms. The van der Waals surface area contributed by atoms with E-state index in [4.69, 9.17) is 5.73 Å². The summed E-state index contributed by atoms with van der Waals surface area (Å²) in [6.45, 7) is 0.0842. The van der Waals surface area contributed by atoms with Crippen LogP contribution in [0.1, 0.15) is 11.1 Å². The Morgan fingerprint density at radius 3 is 2.63 bits per heavy atom. The minimum absolute atomic E-state index is 0.0842. The second-order valence-electron chi connectivity index (χ2n) is 3.98. The molecule has 102 valence electrons. The van der Waals surface area contributed by atoms with Crippen LogP contribution in [0.2, 0.25) is 0 Å². The van der Waals surface area contributed by atoms with Gasteiger partial charge in [0.1, 0.15) is 0 Å². The minimum Gasteiger partial charge on any atom is -0.326 e. The Hall–Kier alpha value is -1.47. The maximum Gasteiger partial charge on any atom is 0.417 e. The van der Waals surface area contributed by atoms with Gasteiger partial charge in [0.15, 0.2) is 0 Å². The van der Waals surface area contributed by atoms with Gasteiger partial charge >= 0.3 is 6.18 Å². The van der Waals surface area contributed by atoms with Crippen molar-refractivity contribution in [3.05, 3.63) is 41.7 Å². The summed E-state index contributed by atoms with van der Waals surface area (Å²) in [6, 6.07) is 4.15. The first kappa shape index (κ1) is 14.0. The molecule has 0 fully saturated rings. The van der Waals surface area contributed by atoms with E-state index in [0.29, 0.717) is 10.5 Å². The molecule has 0 saturated carbocycles. The van der Waals surface area contributed by atoms with Crippen LogP contribution >= 0.6 is 11.8 Å². The van der Waals surface area contributed by atoms with Gasteiger partial charge in [-0.15, -0.1) is 0 Å². The highest BCUT2D eigenvalue weighted by atomic mass is 32.2. The minimum atomic E-state index is -4.39. The molecule has 0 amide bonds. The Morgan fingerprint density at radius 1 is 1.37 bits per heavy atom. The molecular weight excluding hydrogens is 275 g/mol. The van der Waals surface area contributed by atoms with Crippen molar-refractivity contribution >= 4 is 11.8 Å². The van der Waals surface area contributed by atoms with E-state index < -0.39 is 11.7 Å². The van der Waals surface area contributed by atoms with Crippen molar-refractivity contribution in [2.45, 2.75) is 22.5 Å². The molecule has 1 aromatic carbocycles. The summed E-state index contributed by atoms with van der Waals surface area (Å²) >= 11 is 1.04. The van der Waals surface area contributed by atoms with Crippen LogP contribution in [0, 0.1) is 0 Å². The lowest BCUT2D eigenvalue weighted by atomic mass is 10.1. The first-order valence-electron chi connectivity index (χ1n) is 5.47. The molecule has 0 aliphatic carbocycles. The Kier molecular flexibility index (Phi) is 3.86. The largest absolute Gasteiger partial charge is 0.417 e. The fraction of sp³-hybridized carbons (Fsp3) is 0.250. The molecular formula is C12H12F3N3S. The van der Waals surface area contributed by atoms with E-state index in [1.54, 1.807) is 24.0 Å². The molecule has 0 saturated heterocycles. The second-order valence-corrected chi connectivity index (χ2v) is 5.10. The van der Waals surface area contributed by atoms with Crippen molar-refractivity contribution in [1.29, 1.82) is 0 Å². The fourth-order valence-electron chi connectivity index (χ4n) is 1.59. The van der Waals surface area contributed by atoms with E-state index >= 15 is 0 Å². The average molecular weight is 287 g/mol. The number of rotatable bonds is 3. The first-order chi connectivity index (χ1) is 8.90. The molecule has 0 bridgehead atoms. The number of hydrogen-bond acceptors (Lipinski definition) is 3. The second kappa shape index (κ2) is 5.26. The summed E-state index contributed by atoms with van der Waals surface area (Å²) in [5.41, 5.74) is 5.18. The molecule has 2 rings (SSSR count). The number of alkyl halides is 3. The molecule has 0 atom stereocenters. The molecule has 0 aliphatic heterocycles. The molecule has 7 heteroatoms. The molecule has 0 unspecified atom stereocenters. The zero-order valence-corrected chi connectivity index (χ0v) is 10.9. The van der Waals surface area contributed by atoms with Crippen LogP contribution in [0.3, 0.4) is 0 Å². The predicted octanol–water partition coefficient (Wildman–Crippen LogP) is 3.05. The van der Waals surface area contributed by atoms with Crippen molar-refractivity contribution in [1.82, 2.24) is 9.78 Å². The Bertz CT molecular complexity index is 578. The first-order valence-corrected chi connectivity index (χ1v) is 6.28. The molecule has 0 spiro atoms. The molecule has 0 aliphatic rings. The van der Waals surface area contributed by atoms with Gasteiger partial charge in [-0.2, -0.15) is 18.3 Å². The maximum atomic E-state index is 13.0. The number of benzene rings is 1. The highest BCUT2D eigenvalue weighted by Crippen LogP contribution is 2.39. The molecule has 2 aromatic rings. The number of nitrogens with zero attached hydrogens (tertiary/aromatic N) is 2. The highest BCUT2D eigenvalue weighted by molar-refractivity contribution is 7.99. The van der Waals surface area contributed by atoms with Gasteiger partial charge < -0.3 is 5.73 Å². The van der Waals surface area contributed by atoms with Gasteiger partial charge in [0.05, 0.1) is 16.7 Å². The van der Waals surface area contributed by atoms with Gasteiger partial charge in [-0.3, -0.25) is 4.68 Å². The normalized spacial score (nSPS) is 11.8. The lowest BCUT2D eigenvalue weighted by Crippen LogP contribution is -2.08. The molecule has 2 N–H and O–H groups in total. The molecule has 0 radical (unpaired) electrons. The van der Waals surface area contributed by atoms with Gasteiger partial charge in [-0.05, 0) is 17.7 Å². The molecule has 1 aromatic heterocycles. The molecule has 3 nitrogen and oxygen atoms in total. The van der Waals surface area contributed by atoms with Gasteiger partial charge in [0.25, 0.3) is 0 Å². The monoisotopic (exact) mass is 287 g/mol. The SMILES string of the molecule is Cn1cc(Sc2ccc(CN)cc2C(F)(F)F)cn1. The lowest BCUT2D eigenvalue weighted by molar-refractivity contribution is -0.139. The van der Waals surface area contributed by atoms with Crippen molar-refractivity contribution in [2.75, 3.05) is 0 Å². The zero-order valence-electron chi connectivity index (χ0n) is 10.1. The van der Waals surface area contributed by atoms with Crippen molar-refractivity contribution in [3.8, 4) is 0 Å². The van der Waals surface area contributed by atoms with E-state index in [-0.39, 0.29) is 11.4 Å². The Morgan fingerprint density at radius 2 is 2.11 bits per heavy atom. The van der Waals surface area contributed by atoms with Crippen LogP contribution in [0.4, 0.5) is 13.2 Å².